The highest BCUT2D eigenvalue weighted by molar-refractivity contribution is 8.00. The number of aliphatic hydroxyl groups is 7. The summed E-state index contributed by atoms with van der Waals surface area (Å²) in [6.07, 6.45) is -2.07. The second-order valence-electron chi connectivity index (χ2n) is 11.0. The zero-order valence-electron chi connectivity index (χ0n) is 24.9. The van der Waals surface area contributed by atoms with E-state index in [0.29, 0.717) is 34.1 Å². The highest BCUT2D eigenvalue weighted by atomic mass is 32.2. The van der Waals surface area contributed by atoms with E-state index in [0.717, 1.165) is 11.8 Å². The van der Waals surface area contributed by atoms with E-state index in [-0.39, 0.29) is 6.61 Å². The van der Waals surface area contributed by atoms with Crippen LogP contribution in [0.4, 0.5) is 0 Å². The number of aliphatic hydroxyl groups excluding tert-OH is 7. The van der Waals surface area contributed by atoms with Gasteiger partial charge in [-0.2, -0.15) is 0 Å². The van der Waals surface area contributed by atoms with E-state index in [1.54, 1.807) is 24.3 Å². The summed E-state index contributed by atoms with van der Waals surface area (Å²) < 4.78 is 19.3. The summed E-state index contributed by atoms with van der Waals surface area (Å²) >= 11 is 0.840. The average molecular weight is 675 g/mol. The molecule has 0 saturated carbocycles. The largest absolute Gasteiger partial charge is 0.495 e. The van der Waals surface area contributed by atoms with E-state index in [9.17, 15) is 35.7 Å². The van der Waals surface area contributed by atoms with Crippen LogP contribution in [0.5, 0.6) is 5.75 Å². The molecule has 2 aliphatic heterocycles. The zero-order valence-corrected chi connectivity index (χ0v) is 25.7. The van der Waals surface area contributed by atoms with Crippen molar-refractivity contribution in [2.45, 2.75) is 66.2 Å². The maximum atomic E-state index is 11.5. The minimum atomic E-state index is -1.46. The fourth-order valence-electron chi connectivity index (χ4n) is 5.53. The molecule has 6 heterocycles. The Morgan fingerprint density at radius 3 is 1.81 bits per heavy atom. The van der Waals surface area contributed by atoms with Gasteiger partial charge in [-0.25, -0.2) is 9.36 Å². The first kappa shape index (κ1) is 33.3. The molecule has 0 amide bonds. The Kier molecular flexibility index (Phi) is 10.1. The predicted molar refractivity (Wildman–Crippen MR) is 160 cm³/mol. The topological polar surface area (TPSA) is 256 Å². The van der Waals surface area contributed by atoms with Gasteiger partial charge in [-0.15, -0.1) is 10.2 Å². The molecule has 4 aromatic rings. The Morgan fingerprint density at radius 1 is 0.723 bits per heavy atom. The van der Waals surface area contributed by atoms with Crippen LogP contribution in [0.2, 0.25) is 0 Å². The quantitative estimate of drug-likeness (QED) is 0.0949. The van der Waals surface area contributed by atoms with Gasteiger partial charge in [-0.1, -0.05) is 22.2 Å². The van der Waals surface area contributed by atoms with Gasteiger partial charge in [0, 0.05) is 11.8 Å². The van der Waals surface area contributed by atoms with Crippen LogP contribution in [0.3, 0.4) is 0 Å². The molecule has 19 heteroatoms. The Balaban J connectivity index is 1.23. The van der Waals surface area contributed by atoms with Gasteiger partial charge in [0.05, 0.1) is 56.9 Å². The molecule has 6 rings (SSSR count). The normalized spacial score (nSPS) is 31.1. The first-order valence-corrected chi connectivity index (χ1v) is 15.5. The van der Waals surface area contributed by atoms with Crippen LogP contribution < -0.4 is 4.74 Å². The molecular formula is C28H34N8O10S. The monoisotopic (exact) mass is 674 g/mol. The van der Waals surface area contributed by atoms with E-state index in [1.165, 1.54) is 41.3 Å². The molecule has 2 aliphatic rings. The van der Waals surface area contributed by atoms with Crippen molar-refractivity contribution in [3.63, 3.8) is 0 Å². The number of hydrogen-bond donors (Lipinski definition) is 7. The molecule has 2 saturated heterocycles. The molecule has 0 aliphatic carbocycles. The van der Waals surface area contributed by atoms with Gasteiger partial charge in [0.2, 0.25) is 0 Å². The molecule has 0 spiro atoms. The number of thioether (sulfide) groups is 1. The zero-order chi connectivity index (χ0) is 33.2. The molecule has 10 atom stereocenters. The summed E-state index contributed by atoms with van der Waals surface area (Å²) in [5, 5.41) is 90.8. The smallest absolute Gasteiger partial charge is 0.137 e. The van der Waals surface area contributed by atoms with Crippen LogP contribution in [-0.2, 0) is 16.1 Å². The first-order chi connectivity index (χ1) is 22.8. The molecule has 47 heavy (non-hydrogen) atoms. The van der Waals surface area contributed by atoms with E-state index in [2.05, 4.69) is 30.6 Å². The van der Waals surface area contributed by atoms with Gasteiger partial charge < -0.3 is 50.0 Å². The van der Waals surface area contributed by atoms with Crippen LogP contribution in [-0.4, -0.2) is 144 Å². The third-order valence-corrected chi connectivity index (χ3v) is 9.43. The van der Waals surface area contributed by atoms with Crippen molar-refractivity contribution >= 4 is 11.8 Å². The molecular weight excluding hydrogens is 640 g/mol. The molecule has 252 valence electrons. The number of methoxy groups -OCH3 is 1. The Bertz CT molecular complexity index is 1490. The lowest BCUT2D eigenvalue weighted by molar-refractivity contribution is -0.189. The van der Waals surface area contributed by atoms with Crippen LogP contribution >= 0.6 is 11.8 Å². The van der Waals surface area contributed by atoms with Gasteiger partial charge in [0.25, 0.3) is 0 Å². The van der Waals surface area contributed by atoms with Crippen LogP contribution in [0, 0.1) is 0 Å². The van der Waals surface area contributed by atoms with E-state index >= 15 is 0 Å². The van der Waals surface area contributed by atoms with Crippen LogP contribution in [0.25, 0.3) is 22.6 Å². The van der Waals surface area contributed by atoms with E-state index in [1.807, 2.05) is 0 Å². The Labute approximate surface area is 271 Å². The summed E-state index contributed by atoms with van der Waals surface area (Å²) in [7, 11) is 1.51. The van der Waals surface area contributed by atoms with Crippen molar-refractivity contribution < 1.29 is 50.0 Å². The first-order valence-electron chi connectivity index (χ1n) is 14.6. The maximum absolute atomic E-state index is 11.5. The standard InChI is InChI=1S/C28H34N8O10S/c1-44-15-4-5-16(30-7-15)18-9-36(34-32-18)22-24(41)20(12-39)46-28(26(22)43)47-27-25(42)21(23(40)19(11-38)45-27)35-8-17(31-33-35)13-2-3-14(10-37)29-6-13/h2-9,19-28,37-43H,10-12H2,1H3/t19?,20-,21+,22?,23+,24?,25?,26-,27+,28+/m1/s1. The fraction of sp³-hybridized carbons (Fsp3) is 0.500. The summed E-state index contributed by atoms with van der Waals surface area (Å²) in [5.41, 5.74) is -0.149. The van der Waals surface area contributed by atoms with Crippen LogP contribution in [0.15, 0.2) is 49.1 Å². The van der Waals surface area contributed by atoms with Crippen LogP contribution in [0.1, 0.15) is 17.8 Å². The minimum Gasteiger partial charge on any atom is -0.495 e. The number of hydrogen-bond acceptors (Lipinski definition) is 17. The molecule has 2 fully saturated rings. The molecule has 7 N–H and O–H groups in total. The highest BCUT2D eigenvalue weighted by Crippen LogP contribution is 2.42. The lowest BCUT2D eigenvalue weighted by atomic mass is 9.97. The van der Waals surface area contributed by atoms with Gasteiger partial charge in [-0.3, -0.25) is 9.97 Å². The lowest BCUT2D eigenvalue weighted by Crippen LogP contribution is -2.58. The summed E-state index contributed by atoms with van der Waals surface area (Å²) in [4.78, 5) is 8.41. The van der Waals surface area contributed by atoms with Gasteiger partial charge in [0.1, 0.15) is 76.7 Å². The average Bonchev–Trinajstić information content (AvgIpc) is 3.78. The van der Waals surface area contributed by atoms with E-state index in [4.69, 9.17) is 14.2 Å². The predicted octanol–water partition coefficient (Wildman–Crippen LogP) is -2.11. The van der Waals surface area contributed by atoms with Crippen molar-refractivity contribution in [1.82, 2.24) is 40.0 Å². The summed E-state index contributed by atoms with van der Waals surface area (Å²) in [5.74, 6) is 0.544. The summed E-state index contributed by atoms with van der Waals surface area (Å²) in [6, 6.07) is 4.39. The Hall–Kier alpha value is -3.63. The fourth-order valence-corrected chi connectivity index (χ4v) is 6.86. The SMILES string of the molecule is COc1ccc(-c2cn(C3C(O)[C@@H](CO)O[C@@H](S[C@@H]4OC(CO)[C@H](O)[C@H](n5cc(-c6ccc(CO)nc6)nn5)C4O)[C@@H]3O)nn2)nc1. The van der Waals surface area contributed by atoms with Crippen molar-refractivity contribution in [1.29, 1.82) is 0 Å². The number of ether oxygens (including phenoxy) is 3. The number of rotatable bonds is 10. The number of aromatic nitrogens is 8. The third kappa shape index (κ3) is 6.59. The minimum absolute atomic E-state index is 0.228. The summed E-state index contributed by atoms with van der Waals surface area (Å²) in [6.45, 7) is -1.44. The van der Waals surface area contributed by atoms with Gasteiger partial charge >= 0.3 is 0 Å². The Morgan fingerprint density at radius 2 is 1.32 bits per heavy atom. The maximum Gasteiger partial charge on any atom is 0.137 e. The number of nitrogens with zero attached hydrogens (tertiary/aromatic N) is 8. The van der Waals surface area contributed by atoms with Crippen molar-refractivity contribution in [2.24, 2.45) is 0 Å². The lowest BCUT2D eigenvalue weighted by Gasteiger charge is -2.46. The van der Waals surface area contributed by atoms with Crippen molar-refractivity contribution in [2.75, 3.05) is 20.3 Å². The van der Waals surface area contributed by atoms with E-state index < -0.39 is 72.8 Å². The van der Waals surface area contributed by atoms with Gasteiger partial charge in [-0.05, 0) is 24.3 Å². The molecule has 18 nitrogen and oxygen atoms in total. The molecule has 4 unspecified atom stereocenters. The molecule has 4 aromatic heterocycles. The molecule has 0 aromatic carbocycles. The molecule has 0 radical (unpaired) electrons. The number of pyridine rings is 2. The third-order valence-electron chi connectivity index (χ3n) is 8.11. The van der Waals surface area contributed by atoms with Gasteiger partial charge in [0.15, 0.2) is 0 Å². The molecule has 0 bridgehead atoms. The van der Waals surface area contributed by atoms with Crippen molar-refractivity contribution in [3.05, 3.63) is 54.7 Å². The second-order valence-corrected chi connectivity index (χ2v) is 12.2. The highest BCUT2D eigenvalue weighted by Gasteiger charge is 2.51. The second kappa shape index (κ2) is 14.2. The van der Waals surface area contributed by atoms with Crippen molar-refractivity contribution in [3.8, 4) is 28.4 Å².